The molecule has 1 fully saturated rings. The van der Waals surface area contributed by atoms with Gasteiger partial charge in [-0.1, -0.05) is 12.0 Å². The number of halogens is 3. The average molecular weight is 520 g/mol. The lowest BCUT2D eigenvalue weighted by Gasteiger charge is -2.28. The molecule has 0 unspecified atom stereocenters. The number of hydrogen-bond donors (Lipinski definition) is 2. The van der Waals surface area contributed by atoms with Crippen LogP contribution in [0.1, 0.15) is 38.3 Å². The van der Waals surface area contributed by atoms with Crippen molar-refractivity contribution in [3.05, 3.63) is 88.5 Å². The number of benzene rings is 1. The highest BCUT2D eigenvalue weighted by atomic mass is 19.4. The van der Waals surface area contributed by atoms with Gasteiger partial charge in [0.2, 0.25) is 0 Å². The Labute approximate surface area is 216 Å². The van der Waals surface area contributed by atoms with E-state index in [1.807, 2.05) is 17.9 Å². The Morgan fingerprint density at radius 1 is 1.11 bits per heavy atom. The zero-order valence-corrected chi connectivity index (χ0v) is 20.5. The number of carbonyl (C=O) groups is 1. The molecule has 11 heteroatoms. The highest BCUT2D eigenvalue weighted by Crippen LogP contribution is 2.33. The number of imidazole rings is 1. The third kappa shape index (κ3) is 5.66. The van der Waals surface area contributed by atoms with Crippen molar-refractivity contribution in [2.45, 2.75) is 19.6 Å². The fourth-order valence-electron chi connectivity index (χ4n) is 4.19. The molecule has 1 saturated heterocycles. The third-order valence-corrected chi connectivity index (χ3v) is 6.23. The number of aryl methyl sites for hydroxylation is 1. The molecule has 0 spiro atoms. The summed E-state index contributed by atoms with van der Waals surface area (Å²) >= 11 is 0. The number of carbonyl (C=O) groups excluding carboxylic acids is 1. The first-order valence-electron chi connectivity index (χ1n) is 12.0. The second-order valence-electron chi connectivity index (χ2n) is 8.92. The maximum Gasteiger partial charge on any atom is 0.416 e. The smallest absolute Gasteiger partial charge is 0.314 e. The Bertz CT molecular complexity index is 1550. The summed E-state index contributed by atoms with van der Waals surface area (Å²) in [4.78, 5) is 23.3. The van der Waals surface area contributed by atoms with Gasteiger partial charge in [-0.3, -0.25) is 9.69 Å². The molecule has 4 aromatic rings. The molecule has 5 rings (SSSR count). The molecule has 8 nitrogen and oxygen atoms in total. The molecule has 2 N–H and O–H groups in total. The molecule has 0 atom stereocenters. The lowest BCUT2D eigenvalue weighted by Crippen LogP contribution is -2.43. The van der Waals surface area contributed by atoms with E-state index in [9.17, 15) is 18.0 Å². The van der Waals surface area contributed by atoms with E-state index in [1.165, 1.54) is 12.1 Å². The largest absolute Gasteiger partial charge is 0.416 e. The minimum Gasteiger partial charge on any atom is -0.314 e. The lowest BCUT2D eigenvalue weighted by atomic mass is 10.0. The lowest BCUT2D eigenvalue weighted by molar-refractivity contribution is -0.138. The fraction of sp³-hybridized carbons (Fsp3) is 0.259. The third-order valence-electron chi connectivity index (χ3n) is 6.23. The van der Waals surface area contributed by atoms with Gasteiger partial charge in [-0.15, -0.1) is 0 Å². The van der Waals surface area contributed by atoms with Gasteiger partial charge >= 0.3 is 6.18 Å². The molecule has 3 aromatic heterocycles. The van der Waals surface area contributed by atoms with Crippen molar-refractivity contribution >= 4 is 17.4 Å². The van der Waals surface area contributed by atoms with Crippen molar-refractivity contribution < 1.29 is 18.0 Å². The highest BCUT2D eigenvalue weighted by molar-refractivity contribution is 6.04. The molecule has 1 aromatic carbocycles. The predicted molar refractivity (Wildman–Crippen MR) is 135 cm³/mol. The number of nitrogens with zero attached hydrogens (tertiary/aromatic N) is 5. The first kappa shape index (κ1) is 25.4. The molecular weight excluding hydrogens is 495 g/mol. The van der Waals surface area contributed by atoms with Crippen LogP contribution in [0.5, 0.6) is 0 Å². The van der Waals surface area contributed by atoms with Crippen molar-refractivity contribution in [1.82, 2.24) is 29.8 Å². The summed E-state index contributed by atoms with van der Waals surface area (Å²) in [6.07, 6.45) is 0.201. The topological polar surface area (TPSA) is 87.5 Å². The maximum absolute atomic E-state index is 13.9. The SMILES string of the molecule is Cc1cnc(NC(=O)c2ccc(CN3CCNCC3)c(C(F)(F)F)c2)cc1C#Cc1cnc2cccnn12. The van der Waals surface area contributed by atoms with Crippen molar-refractivity contribution in [2.24, 2.45) is 0 Å². The number of pyridine rings is 1. The summed E-state index contributed by atoms with van der Waals surface area (Å²) in [5, 5.41) is 10.0. The number of anilines is 1. The van der Waals surface area contributed by atoms with Crippen molar-refractivity contribution in [3.63, 3.8) is 0 Å². The Balaban J connectivity index is 1.36. The first-order valence-corrected chi connectivity index (χ1v) is 12.0. The van der Waals surface area contributed by atoms with E-state index < -0.39 is 17.6 Å². The average Bonchev–Trinajstić information content (AvgIpc) is 3.32. The maximum atomic E-state index is 13.9. The molecular formula is C27H24F3N7O. The molecule has 38 heavy (non-hydrogen) atoms. The number of piperazine rings is 1. The summed E-state index contributed by atoms with van der Waals surface area (Å²) in [5.41, 5.74) is 1.85. The molecule has 4 heterocycles. The van der Waals surface area contributed by atoms with Gasteiger partial charge in [0.25, 0.3) is 5.91 Å². The number of fused-ring (bicyclic) bond motifs is 1. The fourth-order valence-corrected chi connectivity index (χ4v) is 4.19. The van der Waals surface area contributed by atoms with Crippen LogP contribution in [0.2, 0.25) is 0 Å². The number of nitrogens with one attached hydrogen (secondary N) is 2. The second-order valence-corrected chi connectivity index (χ2v) is 8.92. The van der Waals surface area contributed by atoms with Gasteiger partial charge in [0.1, 0.15) is 11.5 Å². The molecule has 1 amide bonds. The summed E-state index contributed by atoms with van der Waals surface area (Å²) in [6, 6.07) is 8.86. The van der Waals surface area contributed by atoms with Gasteiger partial charge in [0.05, 0.1) is 11.8 Å². The molecule has 0 bridgehead atoms. The van der Waals surface area contributed by atoms with Crippen LogP contribution in [-0.2, 0) is 12.7 Å². The van der Waals surface area contributed by atoms with Gasteiger partial charge < -0.3 is 10.6 Å². The van der Waals surface area contributed by atoms with E-state index >= 15 is 0 Å². The van der Waals surface area contributed by atoms with Crippen LogP contribution in [0.4, 0.5) is 19.0 Å². The van der Waals surface area contributed by atoms with Crippen LogP contribution in [0.15, 0.2) is 55.0 Å². The van der Waals surface area contributed by atoms with E-state index in [-0.39, 0.29) is 23.5 Å². The molecule has 0 saturated carbocycles. The standard InChI is InChI=1S/C27H24F3N7O/c1-18-15-32-24(14-19(18)6-7-22-16-33-25-3-2-8-34-37(22)25)35-26(38)20-4-5-21(23(13-20)27(28,29)30)17-36-11-9-31-10-12-36/h2-5,8,13-16,31H,9-12,17H2,1H3,(H,32,35,38). The molecule has 0 aliphatic carbocycles. The molecule has 194 valence electrons. The Morgan fingerprint density at radius 2 is 1.92 bits per heavy atom. The Morgan fingerprint density at radius 3 is 2.71 bits per heavy atom. The minimum absolute atomic E-state index is 0.104. The van der Waals surface area contributed by atoms with Gasteiger partial charge in [-0.2, -0.15) is 18.3 Å². The highest BCUT2D eigenvalue weighted by Gasteiger charge is 2.34. The van der Waals surface area contributed by atoms with E-state index in [1.54, 1.807) is 35.2 Å². The zero-order valence-electron chi connectivity index (χ0n) is 20.5. The molecule has 1 aliphatic rings. The Kier molecular flexibility index (Phi) is 7.09. The number of hydrogen-bond acceptors (Lipinski definition) is 6. The number of aromatic nitrogens is 4. The number of amides is 1. The zero-order chi connectivity index (χ0) is 26.7. The summed E-state index contributed by atoms with van der Waals surface area (Å²) in [7, 11) is 0. The number of alkyl halides is 3. The number of rotatable bonds is 4. The van der Waals surface area contributed by atoms with Gasteiger partial charge in [-0.05, 0) is 54.3 Å². The van der Waals surface area contributed by atoms with Gasteiger partial charge in [-0.25, -0.2) is 14.5 Å². The van der Waals surface area contributed by atoms with Crippen molar-refractivity contribution in [3.8, 4) is 11.8 Å². The predicted octanol–water partition coefficient (Wildman–Crippen LogP) is 3.51. The van der Waals surface area contributed by atoms with Crippen molar-refractivity contribution in [1.29, 1.82) is 0 Å². The normalized spacial score (nSPS) is 14.2. The summed E-state index contributed by atoms with van der Waals surface area (Å²) in [5.74, 6) is 5.54. The van der Waals surface area contributed by atoms with Crippen LogP contribution < -0.4 is 10.6 Å². The van der Waals surface area contributed by atoms with E-state index in [2.05, 4.69) is 37.5 Å². The van der Waals surface area contributed by atoms with Crippen LogP contribution in [0.25, 0.3) is 5.65 Å². The van der Waals surface area contributed by atoms with E-state index in [0.717, 1.165) is 24.7 Å². The van der Waals surface area contributed by atoms with E-state index in [4.69, 9.17) is 0 Å². The first-order chi connectivity index (χ1) is 18.3. The quantitative estimate of drug-likeness (QED) is 0.402. The molecule has 0 radical (unpaired) electrons. The van der Waals surface area contributed by atoms with Gasteiger partial charge in [0.15, 0.2) is 5.65 Å². The van der Waals surface area contributed by atoms with Crippen LogP contribution in [-0.4, -0.2) is 56.6 Å². The Hall–Kier alpha value is -4.27. The van der Waals surface area contributed by atoms with E-state index in [0.29, 0.717) is 30.0 Å². The minimum atomic E-state index is -4.59. The van der Waals surface area contributed by atoms with Crippen LogP contribution in [0, 0.1) is 18.8 Å². The van der Waals surface area contributed by atoms with Crippen molar-refractivity contribution in [2.75, 3.05) is 31.5 Å². The summed E-state index contributed by atoms with van der Waals surface area (Å²) < 4.78 is 43.2. The van der Waals surface area contributed by atoms with Crippen LogP contribution in [0.3, 0.4) is 0 Å². The van der Waals surface area contributed by atoms with Gasteiger partial charge in [0, 0.05) is 56.2 Å². The van der Waals surface area contributed by atoms with Crippen LogP contribution >= 0.6 is 0 Å². The monoisotopic (exact) mass is 519 g/mol. The summed E-state index contributed by atoms with van der Waals surface area (Å²) in [6.45, 7) is 4.78. The molecule has 1 aliphatic heterocycles. The second kappa shape index (κ2) is 10.6.